The lowest BCUT2D eigenvalue weighted by molar-refractivity contribution is 0.0129. The molecule has 22 heavy (non-hydrogen) atoms. The van der Waals surface area contributed by atoms with Gasteiger partial charge in [0.25, 0.3) is 5.91 Å². The van der Waals surface area contributed by atoms with Gasteiger partial charge in [-0.2, -0.15) is 0 Å². The minimum absolute atomic E-state index is 0.155. The maximum Gasteiger partial charge on any atom is 0.292 e. The molecule has 6 heteroatoms. The highest BCUT2D eigenvalue weighted by Gasteiger charge is 2.19. The molecule has 1 aromatic heterocycles. The summed E-state index contributed by atoms with van der Waals surface area (Å²) in [5.41, 5.74) is 1.68. The number of carbonyl (C=O) groups is 1. The van der Waals surface area contributed by atoms with E-state index in [0.29, 0.717) is 12.3 Å². The first-order chi connectivity index (χ1) is 10.6. The molecule has 0 aliphatic rings. The first-order valence-electron chi connectivity index (χ1n) is 7.05. The molecule has 0 aliphatic heterocycles. The molecule has 1 heterocycles. The number of hydrogen-bond acceptors (Lipinski definition) is 5. The van der Waals surface area contributed by atoms with Gasteiger partial charge in [0.05, 0.1) is 25.0 Å². The smallest absolute Gasteiger partial charge is 0.292 e. The van der Waals surface area contributed by atoms with Crippen LogP contribution in [-0.4, -0.2) is 47.4 Å². The van der Waals surface area contributed by atoms with E-state index >= 15 is 0 Å². The van der Waals surface area contributed by atoms with Gasteiger partial charge in [0.15, 0.2) is 0 Å². The number of amides is 1. The van der Waals surface area contributed by atoms with Gasteiger partial charge in [-0.3, -0.25) is 4.79 Å². The zero-order valence-corrected chi connectivity index (χ0v) is 12.7. The third kappa shape index (κ3) is 4.68. The summed E-state index contributed by atoms with van der Waals surface area (Å²) in [5.74, 6) is -0.153. The van der Waals surface area contributed by atoms with E-state index in [1.807, 2.05) is 30.3 Å². The Bertz CT molecular complexity index is 597. The van der Waals surface area contributed by atoms with Crippen LogP contribution in [0.4, 0.5) is 0 Å². The van der Waals surface area contributed by atoms with Crippen molar-refractivity contribution in [3.8, 4) is 0 Å². The van der Waals surface area contributed by atoms with Crippen molar-refractivity contribution in [2.75, 3.05) is 20.2 Å². The molecule has 2 rings (SSSR count). The van der Waals surface area contributed by atoms with Crippen LogP contribution in [0.15, 0.2) is 40.9 Å². The van der Waals surface area contributed by atoms with Gasteiger partial charge in [-0.15, -0.1) is 0 Å². The number of aryl methyl sites for hydroxylation is 1. The Labute approximate surface area is 129 Å². The summed E-state index contributed by atoms with van der Waals surface area (Å²) < 4.78 is 10.4. The predicted octanol–water partition coefficient (Wildman–Crippen LogP) is 1.63. The second kappa shape index (κ2) is 7.72. The lowest BCUT2D eigenvalue weighted by atomic mass is 10.2. The van der Waals surface area contributed by atoms with Crippen LogP contribution in [0.3, 0.4) is 0 Å². The molecule has 1 amide bonds. The molecule has 0 bridgehead atoms. The summed E-state index contributed by atoms with van der Waals surface area (Å²) in [4.78, 5) is 13.4. The van der Waals surface area contributed by atoms with Gasteiger partial charge < -0.3 is 19.3 Å². The fourth-order valence-electron chi connectivity index (χ4n) is 1.99. The quantitative estimate of drug-likeness (QED) is 0.841. The number of aromatic nitrogens is 1. The molecule has 0 aliphatic carbocycles. The highest BCUT2D eigenvalue weighted by molar-refractivity contribution is 5.91. The molecular formula is C16H20N2O4. The van der Waals surface area contributed by atoms with Crippen LogP contribution in [0, 0.1) is 6.92 Å². The van der Waals surface area contributed by atoms with Crippen molar-refractivity contribution in [3.05, 3.63) is 53.4 Å². The maximum absolute atomic E-state index is 12.0. The fraction of sp³-hybridized carbons (Fsp3) is 0.375. The number of benzene rings is 1. The van der Waals surface area contributed by atoms with Crippen molar-refractivity contribution in [1.29, 1.82) is 0 Å². The molecular weight excluding hydrogens is 284 g/mol. The summed E-state index contributed by atoms with van der Waals surface area (Å²) >= 11 is 0. The van der Waals surface area contributed by atoms with Crippen molar-refractivity contribution in [2.24, 2.45) is 0 Å². The number of nitrogens with zero attached hydrogens (tertiary/aromatic N) is 2. The van der Waals surface area contributed by atoms with E-state index in [4.69, 9.17) is 9.26 Å². The monoisotopic (exact) mass is 304 g/mol. The number of ether oxygens (including phenoxy) is 1. The number of likely N-dealkylation sites (N-methyl/N-ethyl adjacent to an activating group) is 1. The molecule has 0 saturated carbocycles. The Hall–Kier alpha value is -2.18. The molecule has 0 spiro atoms. The van der Waals surface area contributed by atoms with Crippen LogP contribution in [0.5, 0.6) is 0 Å². The number of aliphatic hydroxyl groups is 1. The number of rotatable bonds is 7. The van der Waals surface area contributed by atoms with E-state index in [2.05, 4.69) is 5.16 Å². The third-order valence-electron chi connectivity index (χ3n) is 3.09. The SMILES string of the molecule is Cc1cc(C(=O)N(C)CC(O)COCc2ccccc2)on1. The summed E-state index contributed by atoms with van der Waals surface area (Å²) in [7, 11) is 1.60. The van der Waals surface area contributed by atoms with Gasteiger partial charge in [-0.05, 0) is 12.5 Å². The summed E-state index contributed by atoms with van der Waals surface area (Å²) in [6.45, 7) is 2.48. The molecule has 2 aromatic rings. The Morgan fingerprint density at radius 1 is 1.41 bits per heavy atom. The van der Waals surface area contributed by atoms with E-state index in [-0.39, 0.29) is 24.8 Å². The topological polar surface area (TPSA) is 75.8 Å². The van der Waals surface area contributed by atoms with Crippen molar-refractivity contribution in [2.45, 2.75) is 19.6 Å². The molecule has 6 nitrogen and oxygen atoms in total. The van der Waals surface area contributed by atoms with Gasteiger partial charge in [0.2, 0.25) is 5.76 Å². The molecule has 1 unspecified atom stereocenters. The highest BCUT2D eigenvalue weighted by Crippen LogP contribution is 2.07. The fourth-order valence-corrected chi connectivity index (χ4v) is 1.99. The zero-order valence-electron chi connectivity index (χ0n) is 12.7. The predicted molar refractivity (Wildman–Crippen MR) is 80.3 cm³/mol. The average molecular weight is 304 g/mol. The maximum atomic E-state index is 12.0. The third-order valence-corrected chi connectivity index (χ3v) is 3.09. The first kappa shape index (κ1) is 16.2. The van der Waals surface area contributed by atoms with E-state index < -0.39 is 6.10 Å². The van der Waals surface area contributed by atoms with Crippen molar-refractivity contribution >= 4 is 5.91 Å². The Morgan fingerprint density at radius 3 is 2.77 bits per heavy atom. The second-order valence-electron chi connectivity index (χ2n) is 5.17. The molecule has 1 N–H and O–H groups in total. The molecule has 118 valence electrons. The highest BCUT2D eigenvalue weighted by atomic mass is 16.5. The van der Waals surface area contributed by atoms with Gasteiger partial charge >= 0.3 is 0 Å². The van der Waals surface area contributed by atoms with Crippen molar-refractivity contribution in [1.82, 2.24) is 10.1 Å². The number of aliphatic hydroxyl groups excluding tert-OH is 1. The number of hydrogen-bond donors (Lipinski definition) is 1. The van der Waals surface area contributed by atoms with Crippen LogP contribution < -0.4 is 0 Å². The largest absolute Gasteiger partial charge is 0.389 e. The lowest BCUT2D eigenvalue weighted by Gasteiger charge is -2.19. The zero-order chi connectivity index (χ0) is 15.9. The van der Waals surface area contributed by atoms with Gasteiger partial charge in [-0.1, -0.05) is 35.5 Å². The van der Waals surface area contributed by atoms with E-state index in [1.54, 1.807) is 20.0 Å². The van der Waals surface area contributed by atoms with Crippen LogP contribution in [0.25, 0.3) is 0 Å². The average Bonchev–Trinajstić information content (AvgIpc) is 2.94. The Balaban J connectivity index is 1.74. The lowest BCUT2D eigenvalue weighted by Crippen LogP contribution is -2.36. The van der Waals surface area contributed by atoms with E-state index in [0.717, 1.165) is 5.56 Å². The van der Waals surface area contributed by atoms with E-state index in [1.165, 1.54) is 4.90 Å². The minimum atomic E-state index is -0.762. The Kier molecular flexibility index (Phi) is 5.68. The van der Waals surface area contributed by atoms with Crippen molar-refractivity contribution in [3.63, 3.8) is 0 Å². The van der Waals surface area contributed by atoms with E-state index in [9.17, 15) is 9.90 Å². The van der Waals surface area contributed by atoms with Crippen LogP contribution >= 0.6 is 0 Å². The molecule has 0 radical (unpaired) electrons. The van der Waals surface area contributed by atoms with Crippen LogP contribution in [0.2, 0.25) is 0 Å². The standard InChI is InChI=1S/C16H20N2O4/c1-12-8-15(22-17-12)16(20)18(2)9-14(19)11-21-10-13-6-4-3-5-7-13/h3-8,14,19H,9-11H2,1-2H3. The van der Waals surface area contributed by atoms with Gasteiger partial charge in [0.1, 0.15) is 0 Å². The van der Waals surface area contributed by atoms with Crippen molar-refractivity contribution < 1.29 is 19.2 Å². The van der Waals surface area contributed by atoms with Gasteiger partial charge in [-0.25, -0.2) is 0 Å². The summed E-state index contributed by atoms with van der Waals surface area (Å²) in [6, 6.07) is 11.3. The summed E-state index contributed by atoms with van der Waals surface area (Å²) in [5, 5.41) is 13.6. The molecule has 1 aromatic carbocycles. The molecule has 0 fully saturated rings. The van der Waals surface area contributed by atoms with Gasteiger partial charge in [0, 0.05) is 19.7 Å². The van der Waals surface area contributed by atoms with Crippen LogP contribution in [0.1, 0.15) is 21.8 Å². The summed E-state index contributed by atoms with van der Waals surface area (Å²) in [6.07, 6.45) is -0.762. The number of carbonyl (C=O) groups excluding carboxylic acids is 1. The molecule has 0 saturated heterocycles. The first-order valence-corrected chi connectivity index (χ1v) is 7.05. The normalized spacial score (nSPS) is 12.1. The Morgan fingerprint density at radius 2 is 2.14 bits per heavy atom. The van der Waals surface area contributed by atoms with Crippen LogP contribution in [-0.2, 0) is 11.3 Å². The second-order valence-corrected chi connectivity index (χ2v) is 5.17. The molecule has 1 atom stereocenters. The minimum Gasteiger partial charge on any atom is -0.389 e.